The van der Waals surface area contributed by atoms with Gasteiger partial charge in [0.15, 0.2) is 0 Å². The van der Waals surface area contributed by atoms with Gasteiger partial charge in [-0.15, -0.1) is 0 Å². The van der Waals surface area contributed by atoms with E-state index < -0.39 is 0 Å². The van der Waals surface area contributed by atoms with Crippen LogP contribution >= 0.6 is 15.9 Å². The number of nitrogens with one attached hydrogen (secondary N) is 1. The molecule has 0 aliphatic carbocycles. The van der Waals surface area contributed by atoms with Crippen molar-refractivity contribution in [3.8, 4) is 0 Å². The number of carbonyl (C=O) groups excluding carboxylic acids is 1. The highest BCUT2D eigenvalue weighted by Crippen LogP contribution is 2.04. The molecule has 1 amide bonds. The third-order valence-electron chi connectivity index (χ3n) is 2.87. The molecule has 1 aromatic heterocycles. The molecular weight excluding hydrogens is 294 g/mol. The Morgan fingerprint density at radius 2 is 2.11 bits per heavy atom. The highest BCUT2D eigenvalue weighted by Gasteiger charge is 2.11. The lowest BCUT2D eigenvalue weighted by atomic mass is 10.2. The number of aromatic nitrogens is 2. The van der Waals surface area contributed by atoms with Gasteiger partial charge in [-0.05, 0) is 25.3 Å². The number of nitrogens with zero attached hydrogens (tertiary/aromatic N) is 2. The number of halogens is 1. The van der Waals surface area contributed by atoms with Gasteiger partial charge in [0, 0.05) is 18.9 Å². The molecule has 0 fully saturated rings. The van der Waals surface area contributed by atoms with Gasteiger partial charge in [-0.1, -0.05) is 35.7 Å². The van der Waals surface area contributed by atoms with Gasteiger partial charge in [0.1, 0.15) is 5.69 Å². The smallest absolute Gasteiger partial charge is 0.269 e. The molecule has 0 atom stereocenters. The number of rotatable bonds is 8. The van der Waals surface area contributed by atoms with E-state index in [-0.39, 0.29) is 5.91 Å². The third-order valence-corrected chi connectivity index (χ3v) is 3.43. The molecule has 1 aromatic rings. The lowest BCUT2D eigenvalue weighted by Crippen LogP contribution is -2.26. The summed E-state index contributed by atoms with van der Waals surface area (Å²) in [5.41, 5.74) is 1.60. The zero-order chi connectivity index (χ0) is 13.4. The van der Waals surface area contributed by atoms with E-state index >= 15 is 0 Å². The standard InChI is InChI=1S/C13H22BrN3O/c1-3-11-10-12(17(2)16-11)13(18)15-9-7-5-4-6-8-14/h10H,3-9H2,1-2H3,(H,15,18). The minimum Gasteiger partial charge on any atom is -0.351 e. The number of unbranched alkanes of at least 4 members (excludes halogenated alkanes) is 3. The van der Waals surface area contributed by atoms with Gasteiger partial charge in [0.25, 0.3) is 5.91 Å². The summed E-state index contributed by atoms with van der Waals surface area (Å²) in [6, 6.07) is 1.86. The van der Waals surface area contributed by atoms with Crippen molar-refractivity contribution >= 4 is 21.8 Å². The van der Waals surface area contributed by atoms with Crippen LogP contribution in [-0.2, 0) is 13.5 Å². The average Bonchev–Trinajstić information content (AvgIpc) is 2.75. The molecular formula is C13H22BrN3O. The van der Waals surface area contributed by atoms with Crippen molar-refractivity contribution in [2.24, 2.45) is 7.05 Å². The molecule has 18 heavy (non-hydrogen) atoms. The van der Waals surface area contributed by atoms with Crippen molar-refractivity contribution in [3.63, 3.8) is 0 Å². The predicted octanol–water partition coefficient (Wildman–Crippen LogP) is 2.67. The molecule has 0 aromatic carbocycles. The van der Waals surface area contributed by atoms with E-state index in [0.29, 0.717) is 5.69 Å². The molecule has 0 unspecified atom stereocenters. The van der Waals surface area contributed by atoms with Crippen molar-refractivity contribution in [3.05, 3.63) is 17.5 Å². The van der Waals surface area contributed by atoms with Crippen LogP contribution < -0.4 is 5.32 Å². The summed E-state index contributed by atoms with van der Waals surface area (Å²) in [7, 11) is 1.81. The van der Waals surface area contributed by atoms with Gasteiger partial charge >= 0.3 is 0 Å². The fourth-order valence-electron chi connectivity index (χ4n) is 1.78. The van der Waals surface area contributed by atoms with E-state index in [0.717, 1.165) is 36.8 Å². The first-order valence-electron chi connectivity index (χ1n) is 6.56. The molecule has 1 rings (SSSR count). The van der Waals surface area contributed by atoms with Crippen LogP contribution in [0, 0.1) is 0 Å². The van der Waals surface area contributed by atoms with E-state index in [1.165, 1.54) is 12.8 Å². The molecule has 0 aliphatic rings. The van der Waals surface area contributed by atoms with Crippen LogP contribution in [0.3, 0.4) is 0 Å². The van der Waals surface area contributed by atoms with E-state index in [2.05, 4.69) is 26.3 Å². The van der Waals surface area contributed by atoms with Crippen LogP contribution in [0.4, 0.5) is 0 Å². The Morgan fingerprint density at radius 3 is 2.72 bits per heavy atom. The van der Waals surface area contributed by atoms with Gasteiger partial charge in [0.05, 0.1) is 5.69 Å². The first-order valence-corrected chi connectivity index (χ1v) is 7.68. The summed E-state index contributed by atoms with van der Waals surface area (Å²) in [5, 5.41) is 8.28. The number of aryl methyl sites for hydroxylation is 2. The van der Waals surface area contributed by atoms with Crippen LogP contribution in [-0.4, -0.2) is 27.6 Å². The molecule has 1 N–H and O–H groups in total. The first kappa shape index (κ1) is 15.2. The summed E-state index contributed by atoms with van der Waals surface area (Å²) in [5.74, 6) is -0.0230. The molecule has 1 heterocycles. The second-order valence-corrected chi connectivity index (χ2v) is 5.15. The zero-order valence-electron chi connectivity index (χ0n) is 11.2. The Balaban J connectivity index is 2.29. The maximum atomic E-state index is 11.9. The zero-order valence-corrected chi connectivity index (χ0v) is 12.8. The quantitative estimate of drug-likeness (QED) is 0.592. The van der Waals surface area contributed by atoms with Gasteiger partial charge < -0.3 is 5.32 Å². The minimum absolute atomic E-state index is 0.0230. The third kappa shape index (κ3) is 4.80. The maximum Gasteiger partial charge on any atom is 0.269 e. The van der Waals surface area contributed by atoms with Gasteiger partial charge in [-0.2, -0.15) is 5.10 Å². The summed E-state index contributed by atoms with van der Waals surface area (Å²) in [4.78, 5) is 11.9. The molecule has 0 spiro atoms. The molecule has 102 valence electrons. The van der Waals surface area contributed by atoms with Crippen molar-refractivity contribution in [2.45, 2.75) is 39.0 Å². The summed E-state index contributed by atoms with van der Waals surface area (Å²) in [6.07, 6.45) is 5.48. The van der Waals surface area contributed by atoms with Crippen molar-refractivity contribution < 1.29 is 4.79 Å². The fraction of sp³-hybridized carbons (Fsp3) is 0.692. The first-order chi connectivity index (χ1) is 8.69. The Labute approximate surface area is 117 Å². The van der Waals surface area contributed by atoms with Crippen LogP contribution in [0.25, 0.3) is 0 Å². The Morgan fingerprint density at radius 1 is 1.39 bits per heavy atom. The SMILES string of the molecule is CCc1cc(C(=O)NCCCCCCBr)n(C)n1. The van der Waals surface area contributed by atoms with Crippen LogP contribution in [0.1, 0.15) is 48.8 Å². The highest BCUT2D eigenvalue weighted by molar-refractivity contribution is 9.09. The predicted molar refractivity (Wildman–Crippen MR) is 77.2 cm³/mol. The van der Waals surface area contributed by atoms with E-state index in [9.17, 15) is 4.79 Å². The minimum atomic E-state index is -0.0230. The van der Waals surface area contributed by atoms with E-state index in [4.69, 9.17) is 0 Å². The monoisotopic (exact) mass is 315 g/mol. The van der Waals surface area contributed by atoms with Crippen LogP contribution in [0.2, 0.25) is 0 Å². The Hall–Kier alpha value is -0.840. The maximum absolute atomic E-state index is 11.9. The lowest BCUT2D eigenvalue weighted by molar-refractivity contribution is 0.0943. The molecule has 4 nitrogen and oxygen atoms in total. The van der Waals surface area contributed by atoms with Crippen molar-refractivity contribution in [2.75, 3.05) is 11.9 Å². The van der Waals surface area contributed by atoms with Crippen molar-refractivity contribution in [1.29, 1.82) is 0 Å². The van der Waals surface area contributed by atoms with Crippen LogP contribution in [0.15, 0.2) is 6.07 Å². The lowest BCUT2D eigenvalue weighted by Gasteiger charge is -2.04. The molecule has 0 bridgehead atoms. The largest absolute Gasteiger partial charge is 0.351 e. The second kappa shape index (κ2) is 8.29. The molecule has 0 saturated carbocycles. The normalized spacial score (nSPS) is 10.6. The summed E-state index contributed by atoms with van der Waals surface area (Å²) in [6.45, 7) is 2.78. The highest BCUT2D eigenvalue weighted by atomic mass is 79.9. The van der Waals surface area contributed by atoms with E-state index in [1.54, 1.807) is 4.68 Å². The number of hydrogen-bond donors (Lipinski definition) is 1. The molecule has 5 heteroatoms. The molecule has 0 saturated heterocycles. The van der Waals surface area contributed by atoms with E-state index in [1.807, 2.05) is 20.0 Å². The average molecular weight is 316 g/mol. The second-order valence-electron chi connectivity index (χ2n) is 4.36. The summed E-state index contributed by atoms with van der Waals surface area (Å²) < 4.78 is 1.65. The van der Waals surface area contributed by atoms with Gasteiger partial charge in [-0.25, -0.2) is 0 Å². The summed E-state index contributed by atoms with van der Waals surface area (Å²) >= 11 is 3.41. The number of hydrogen-bond acceptors (Lipinski definition) is 2. The Kier molecular flexibility index (Phi) is 7.01. The number of amides is 1. The molecule has 0 radical (unpaired) electrons. The van der Waals surface area contributed by atoms with Crippen molar-refractivity contribution in [1.82, 2.24) is 15.1 Å². The number of alkyl halides is 1. The van der Waals surface area contributed by atoms with Gasteiger partial charge in [-0.3, -0.25) is 9.48 Å². The molecule has 0 aliphatic heterocycles. The van der Waals surface area contributed by atoms with Crippen LogP contribution in [0.5, 0.6) is 0 Å². The Bertz CT molecular complexity index is 376. The number of carbonyl (C=O) groups is 1. The fourth-order valence-corrected chi connectivity index (χ4v) is 2.17. The topological polar surface area (TPSA) is 46.9 Å². The van der Waals surface area contributed by atoms with Gasteiger partial charge in [0.2, 0.25) is 0 Å².